The minimum absolute atomic E-state index is 0.0168. The average Bonchev–Trinajstić information content (AvgIpc) is 2.98. The van der Waals surface area contributed by atoms with Gasteiger partial charge in [-0.25, -0.2) is 4.79 Å². The second kappa shape index (κ2) is 13.6. The van der Waals surface area contributed by atoms with Gasteiger partial charge in [-0.15, -0.1) is 0 Å². The minimum Gasteiger partial charge on any atom is -0.469 e. The van der Waals surface area contributed by atoms with Crippen LogP contribution in [0, 0.1) is 0 Å². The summed E-state index contributed by atoms with van der Waals surface area (Å²) < 4.78 is 20.7. The van der Waals surface area contributed by atoms with Crippen LogP contribution in [0.2, 0.25) is 0 Å². The van der Waals surface area contributed by atoms with E-state index in [1.165, 1.54) is 14.0 Å². The Bertz CT molecular complexity index is 1580. The number of benzene rings is 4. The van der Waals surface area contributed by atoms with Crippen molar-refractivity contribution < 1.29 is 38.1 Å². The zero-order chi connectivity index (χ0) is 31.0. The lowest BCUT2D eigenvalue weighted by atomic mass is 9.78. The van der Waals surface area contributed by atoms with Crippen LogP contribution in [0.1, 0.15) is 53.4 Å². The summed E-state index contributed by atoms with van der Waals surface area (Å²) in [6, 6.07) is 27.8. The number of methoxy groups -OCH3 is 1. The van der Waals surface area contributed by atoms with E-state index in [0.29, 0.717) is 28.4 Å². The van der Waals surface area contributed by atoms with Gasteiger partial charge in [0.2, 0.25) is 0 Å². The molecule has 0 atom stereocenters. The smallest absolute Gasteiger partial charge is 0.343 e. The summed E-state index contributed by atoms with van der Waals surface area (Å²) in [5, 5.41) is 0. The molecule has 43 heavy (non-hydrogen) atoms. The minimum atomic E-state index is -0.519. The topological polar surface area (TPSA) is 105 Å². The van der Waals surface area contributed by atoms with Crippen LogP contribution in [0.3, 0.4) is 0 Å². The molecule has 0 heterocycles. The molecule has 0 amide bonds. The summed E-state index contributed by atoms with van der Waals surface area (Å²) in [6.45, 7) is 5.52. The number of hydrogen-bond donors (Lipinski definition) is 0. The fourth-order valence-electron chi connectivity index (χ4n) is 4.38. The van der Waals surface area contributed by atoms with Crippen LogP contribution in [-0.4, -0.2) is 31.0 Å². The van der Waals surface area contributed by atoms with Crippen molar-refractivity contribution in [1.82, 2.24) is 0 Å². The molecule has 4 aromatic rings. The van der Waals surface area contributed by atoms with Gasteiger partial charge in [0.05, 0.1) is 25.5 Å². The molecule has 0 saturated heterocycles. The second-order valence-electron chi connectivity index (χ2n) is 10.4. The molecule has 0 spiro atoms. The number of hydrogen-bond acceptors (Lipinski definition) is 8. The highest BCUT2D eigenvalue weighted by Gasteiger charge is 2.23. The first-order valence-electron chi connectivity index (χ1n) is 13.6. The van der Waals surface area contributed by atoms with Gasteiger partial charge in [-0.3, -0.25) is 14.4 Å². The van der Waals surface area contributed by atoms with Crippen molar-refractivity contribution in [1.29, 1.82) is 0 Å². The first-order chi connectivity index (χ1) is 20.5. The van der Waals surface area contributed by atoms with E-state index in [-0.39, 0.29) is 30.2 Å². The zero-order valence-electron chi connectivity index (χ0n) is 24.4. The van der Waals surface area contributed by atoms with Crippen LogP contribution in [0.4, 0.5) is 0 Å². The van der Waals surface area contributed by atoms with E-state index in [0.717, 1.165) is 16.7 Å². The molecular weight excluding hydrogens is 548 g/mol. The largest absolute Gasteiger partial charge is 0.469 e. The average molecular weight is 581 g/mol. The molecule has 8 heteroatoms. The van der Waals surface area contributed by atoms with Crippen molar-refractivity contribution in [3.8, 4) is 17.2 Å². The third kappa shape index (κ3) is 8.39. The predicted octanol–water partition coefficient (Wildman–Crippen LogP) is 6.02. The van der Waals surface area contributed by atoms with Gasteiger partial charge in [0.1, 0.15) is 17.2 Å². The third-order valence-electron chi connectivity index (χ3n) is 6.89. The van der Waals surface area contributed by atoms with Crippen LogP contribution in [0.15, 0.2) is 97.1 Å². The first-order valence-corrected chi connectivity index (χ1v) is 13.6. The maximum absolute atomic E-state index is 12.7. The van der Waals surface area contributed by atoms with E-state index in [4.69, 9.17) is 14.2 Å². The Hall–Kier alpha value is -5.24. The van der Waals surface area contributed by atoms with Crippen molar-refractivity contribution in [3.63, 3.8) is 0 Å². The van der Waals surface area contributed by atoms with Crippen molar-refractivity contribution >= 4 is 23.9 Å². The highest BCUT2D eigenvalue weighted by molar-refractivity contribution is 5.91. The van der Waals surface area contributed by atoms with E-state index in [2.05, 4.69) is 18.6 Å². The highest BCUT2D eigenvalue weighted by Crippen LogP contribution is 2.33. The maximum Gasteiger partial charge on any atom is 0.343 e. The molecule has 0 unspecified atom stereocenters. The second-order valence-corrected chi connectivity index (χ2v) is 10.4. The van der Waals surface area contributed by atoms with Gasteiger partial charge in [-0.1, -0.05) is 62.4 Å². The molecule has 8 nitrogen and oxygen atoms in total. The predicted molar refractivity (Wildman–Crippen MR) is 159 cm³/mol. The number of esters is 4. The SMILES string of the molecule is COC(=O)Cc1ccc(OC(=O)Cc2ccc(C(=O)Oc3ccc(C(C)(C)c4ccc(OC(C)=O)cc4)cc3)cc2)cc1. The van der Waals surface area contributed by atoms with Crippen LogP contribution >= 0.6 is 0 Å². The van der Waals surface area contributed by atoms with E-state index in [9.17, 15) is 19.2 Å². The highest BCUT2D eigenvalue weighted by atomic mass is 16.5. The molecule has 220 valence electrons. The Morgan fingerprint density at radius 3 is 1.47 bits per heavy atom. The molecular formula is C35H32O8. The summed E-state index contributed by atoms with van der Waals surface area (Å²) in [5.74, 6) is -0.440. The Morgan fingerprint density at radius 1 is 0.558 bits per heavy atom. The quantitative estimate of drug-likeness (QED) is 0.166. The summed E-state index contributed by atoms with van der Waals surface area (Å²) in [4.78, 5) is 47.7. The first kappa shape index (κ1) is 30.7. The summed E-state index contributed by atoms with van der Waals surface area (Å²) >= 11 is 0. The molecule has 0 fully saturated rings. The number of carbonyl (C=O) groups is 4. The molecule has 0 aliphatic carbocycles. The Balaban J connectivity index is 1.31. The Morgan fingerprint density at radius 2 is 0.977 bits per heavy atom. The lowest BCUT2D eigenvalue weighted by Gasteiger charge is -2.26. The maximum atomic E-state index is 12.7. The van der Waals surface area contributed by atoms with E-state index in [1.54, 1.807) is 72.8 Å². The number of rotatable bonds is 10. The van der Waals surface area contributed by atoms with E-state index in [1.807, 2.05) is 24.3 Å². The lowest BCUT2D eigenvalue weighted by Crippen LogP contribution is -2.19. The van der Waals surface area contributed by atoms with Crippen molar-refractivity contribution in [2.75, 3.05) is 7.11 Å². The molecule has 4 rings (SSSR count). The van der Waals surface area contributed by atoms with Gasteiger partial charge in [0.25, 0.3) is 0 Å². The lowest BCUT2D eigenvalue weighted by molar-refractivity contribution is -0.140. The zero-order valence-corrected chi connectivity index (χ0v) is 24.4. The van der Waals surface area contributed by atoms with Gasteiger partial charge in [0, 0.05) is 12.3 Å². The molecule has 0 saturated carbocycles. The van der Waals surface area contributed by atoms with Gasteiger partial charge in [-0.05, 0) is 70.8 Å². The summed E-state index contributed by atoms with van der Waals surface area (Å²) in [5.41, 5.74) is 3.47. The fourth-order valence-corrected chi connectivity index (χ4v) is 4.38. The third-order valence-corrected chi connectivity index (χ3v) is 6.89. The normalized spacial score (nSPS) is 10.9. The Labute approximate surface area is 250 Å². The van der Waals surface area contributed by atoms with Gasteiger partial charge in [-0.2, -0.15) is 0 Å². The molecule has 0 bridgehead atoms. The number of carbonyl (C=O) groups excluding carboxylic acids is 4. The summed E-state index contributed by atoms with van der Waals surface area (Å²) in [6.07, 6.45) is 0.155. The van der Waals surface area contributed by atoms with Crippen LogP contribution in [0.5, 0.6) is 17.2 Å². The van der Waals surface area contributed by atoms with Crippen molar-refractivity contribution in [3.05, 3.63) is 125 Å². The molecule has 0 aliphatic rings. The molecule has 0 aliphatic heterocycles. The fraction of sp³-hybridized carbons (Fsp3) is 0.200. The monoisotopic (exact) mass is 580 g/mol. The molecule has 4 aromatic carbocycles. The molecule has 0 radical (unpaired) electrons. The van der Waals surface area contributed by atoms with Crippen molar-refractivity contribution in [2.24, 2.45) is 0 Å². The summed E-state index contributed by atoms with van der Waals surface area (Å²) in [7, 11) is 1.33. The van der Waals surface area contributed by atoms with E-state index < -0.39 is 11.9 Å². The van der Waals surface area contributed by atoms with Gasteiger partial charge in [0.15, 0.2) is 0 Å². The molecule has 0 N–H and O–H groups in total. The number of ether oxygens (including phenoxy) is 4. The molecule has 0 aromatic heterocycles. The Kier molecular flexibility index (Phi) is 9.72. The van der Waals surface area contributed by atoms with E-state index >= 15 is 0 Å². The van der Waals surface area contributed by atoms with Crippen LogP contribution < -0.4 is 14.2 Å². The van der Waals surface area contributed by atoms with Crippen LogP contribution in [0.25, 0.3) is 0 Å². The standard InChI is InChI=1S/C35H32O8/c1-23(36)41-29-17-11-27(12-18-29)35(2,3)28-13-19-31(20-14-28)43-34(39)26-9-5-24(6-10-26)22-33(38)42-30-15-7-25(8-16-30)21-32(37)40-4/h5-20H,21-22H2,1-4H3. The van der Waals surface area contributed by atoms with Gasteiger partial charge < -0.3 is 18.9 Å². The van der Waals surface area contributed by atoms with Crippen molar-refractivity contribution in [2.45, 2.75) is 39.0 Å². The van der Waals surface area contributed by atoms with Crippen LogP contribution in [-0.2, 0) is 37.4 Å². The van der Waals surface area contributed by atoms with Gasteiger partial charge >= 0.3 is 23.9 Å².